The molecule has 5 heteroatoms. The van der Waals surface area contributed by atoms with E-state index < -0.39 is 0 Å². The van der Waals surface area contributed by atoms with Crippen molar-refractivity contribution in [3.05, 3.63) is 0 Å². The van der Waals surface area contributed by atoms with Crippen LogP contribution in [0.15, 0.2) is 0 Å². The minimum absolute atomic E-state index is 0.0373. The van der Waals surface area contributed by atoms with Crippen LogP contribution >= 0.6 is 0 Å². The van der Waals surface area contributed by atoms with Gasteiger partial charge in [0.1, 0.15) is 0 Å². The third-order valence-electron chi connectivity index (χ3n) is 2.40. The summed E-state index contributed by atoms with van der Waals surface area (Å²) in [6, 6.07) is 0.0373. The van der Waals surface area contributed by atoms with E-state index in [4.69, 9.17) is 4.74 Å². The first-order valence-corrected chi connectivity index (χ1v) is 4.71. The predicted molar refractivity (Wildman–Crippen MR) is 47.6 cm³/mol. The minimum atomic E-state index is 0.0373. The molecule has 2 fully saturated rings. The van der Waals surface area contributed by atoms with Crippen LogP contribution in [0, 0.1) is 0 Å². The molecule has 0 spiro atoms. The number of hydrogen-bond acceptors (Lipinski definition) is 3. The van der Waals surface area contributed by atoms with Gasteiger partial charge in [-0.2, -0.15) is 0 Å². The average molecular weight is 185 g/mol. The summed E-state index contributed by atoms with van der Waals surface area (Å²) >= 11 is 0. The summed E-state index contributed by atoms with van der Waals surface area (Å²) in [5.41, 5.74) is 0. The lowest BCUT2D eigenvalue weighted by molar-refractivity contribution is 0.0131. The van der Waals surface area contributed by atoms with E-state index in [1.165, 1.54) is 0 Å². The first-order valence-electron chi connectivity index (χ1n) is 4.71. The van der Waals surface area contributed by atoms with Crippen LogP contribution in [0.25, 0.3) is 0 Å². The SMILES string of the molecule is O=C1NCCN1CCOC1CNC1. The maximum atomic E-state index is 11.1. The first kappa shape index (κ1) is 8.77. The van der Waals surface area contributed by atoms with E-state index in [-0.39, 0.29) is 6.03 Å². The summed E-state index contributed by atoms with van der Waals surface area (Å²) in [5, 5.41) is 5.89. The number of carbonyl (C=O) groups excluding carboxylic acids is 1. The fourth-order valence-corrected chi connectivity index (χ4v) is 1.43. The first-order chi connectivity index (χ1) is 6.36. The Kier molecular flexibility index (Phi) is 2.65. The zero-order valence-electron chi connectivity index (χ0n) is 7.58. The van der Waals surface area contributed by atoms with E-state index in [0.717, 1.165) is 26.2 Å². The van der Waals surface area contributed by atoms with Crippen LogP contribution in [0.3, 0.4) is 0 Å². The lowest BCUT2D eigenvalue weighted by atomic mass is 10.2. The lowest BCUT2D eigenvalue weighted by Crippen LogP contribution is -2.49. The molecule has 13 heavy (non-hydrogen) atoms. The van der Waals surface area contributed by atoms with Crippen molar-refractivity contribution in [2.24, 2.45) is 0 Å². The molecular formula is C8H15N3O2. The van der Waals surface area contributed by atoms with Crippen LogP contribution in [-0.2, 0) is 4.74 Å². The van der Waals surface area contributed by atoms with Crippen LogP contribution in [-0.4, -0.2) is 56.4 Å². The van der Waals surface area contributed by atoms with Crippen LogP contribution in [0.1, 0.15) is 0 Å². The summed E-state index contributed by atoms with van der Waals surface area (Å²) in [5.74, 6) is 0. The van der Waals surface area contributed by atoms with Gasteiger partial charge in [-0.25, -0.2) is 4.79 Å². The van der Waals surface area contributed by atoms with Gasteiger partial charge in [0, 0.05) is 32.7 Å². The van der Waals surface area contributed by atoms with Crippen molar-refractivity contribution in [3.8, 4) is 0 Å². The molecule has 0 radical (unpaired) electrons. The van der Waals surface area contributed by atoms with Crippen LogP contribution < -0.4 is 10.6 Å². The Balaban J connectivity index is 1.58. The van der Waals surface area contributed by atoms with Gasteiger partial charge in [0.25, 0.3) is 0 Å². The average Bonchev–Trinajstić information content (AvgIpc) is 2.42. The normalized spacial score (nSPS) is 23.1. The Morgan fingerprint density at radius 1 is 1.54 bits per heavy atom. The van der Waals surface area contributed by atoms with Gasteiger partial charge in [0.05, 0.1) is 12.7 Å². The van der Waals surface area contributed by atoms with Crippen molar-refractivity contribution < 1.29 is 9.53 Å². The molecule has 2 saturated heterocycles. The number of nitrogens with zero attached hydrogens (tertiary/aromatic N) is 1. The molecule has 0 aliphatic carbocycles. The van der Waals surface area contributed by atoms with E-state index in [0.29, 0.717) is 19.3 Å². The van der Waals surface area contributed by atoms with E-state index in [9.17, 15) is 4.79 Å². The molecule has 2 amide bonds. The molecule has 5 nitrogen and oxygen atoms in total. The van der Waals surface area contributed by atoms with Gasteiger partial charge in [-0.05, 0) is 0 Å². The third kappa shape index (κ3) is 2.10. The molecule has 0 saturated carbocycles. The number of carbonyl (C=O) groups is 1. The molecule has 0 aromatic rings. The van der Waals surface area contributed by atoms with Crippen molar-refractivity contribution in [3.63, 3.8) is 0 Å². The molecule has 74 valence electrons. The van der Waals surface area contributed by atoms with Gasteiger partial charge in [-0.1, -0.05) is 0 Å². The number of rotatable bonds is 4. The van der Waals surface area contributed by atoms with E-state index >= 15 is 0 Å². The standard InChI is InChI=1S/C8H15N3O2/c12-8-10-1-2-11(8)3-4-13-7-5-9-6-7/h7,9H,1-6H2,(H,10,12). The third-order valence-corrected chi connectivity index (χ3v) is 2.40. The monoisotopic (exact) mass is 185 g/mol. The number of urea groups is 1. The summed E-state index contributed by atoms with van der Waals surface area (Å²) in [6.45, 7) is 4.84. The van der Waals surface area contributed by atoms with Gasteiger partial charge in [0.2, 0.25) is 0 Å². The van der Waals surface area contributed by atoms with Crippen LogP contribution in [0.4, 0.5) is 4.79 Å². The second-order valence-electron chi connectivity index (χ2n) is 3.37. The van der Waals surface area contributed by atoms with Crippen molar-refractivity contribution in [2.45, 2.75) is 6.10 Å². The highest BCUT2D eigenvalue weighted by Gasteiger charge is 2.21. The van der Waals surface area contributed by atoms with Crippen LogP contribution in [0.2, 0.25) is 0 Å². The van der Waals surface area contributed by atoms with Crippen molar-refractivity contribution in [1.29, 1.82) is 0 Å². The summed E-state index contributed by atoms with van der Waals surface area (Å²) in [7, 11) is 0. The maximum absolute atomic E-state index is 11.1. The van der Waals surface area contributed by atoms with Crippen LogP contribution in [0.5, 0.6) is 0 Å². The number of hydrogen-bond donors (Lipinski definition) is 2. The fraction of sp³-hybridized carbons (Fsp3) is 0.875. The Morgan fingerprint density at radius 2 is 2.38 bits per heavy atom. The molecule has 2 aliphatic rings. The zero-order valence-corrected chi connectivity index (χ0v) is 7.58. The highest BCUT2D eigenvalue weighted by Crippen LogP contribution is 2.00. The molecule has 2 rings (SSSR count). The van der Waals surface area contributed by atoms with E-state index in [1.807, 2.05) is 0 Å². The molecular weight excluding hydrogens is 170 g/mol. The van der Waals surface area contributed by atoms with Crippen molar-refractivity contribution in [2.75, 3.05) is 39.3 Å². The molecule has 0 unspecified atom stereocenters. The molecule has 2 aliphatic heterocycles. The van der Waals surface area contributed by atoms with Gasteiger partial charge >= 0.3 is 6.03 Å². The number of amides is 2. The zero-order chi connectivity index (χ0) is 9.10. The topological polar surface area (TPSA) is 53.6 Å². The maximum Gasteiger partial charge on any atom is 0.317 e. The lowest BCUT2D eigenvalue weighted by Gasteiger charge is -2.27. The van der Waals surface area contributed by atoms with E-state index in [2.05, 4.69) is 10.6 Å². The van der Waals surface area contributed by atoms with Crippen molar-refractivity contribution >= 4 is 6.03 Å². The van der Waals surface area contributed by atoms with Gasteiger partial charge in [-0.3, -0.25) is 0 Å². The highest BCUT2D eigenvalue weighted by molar-refractivity contribution is 5.76. The Bertz CT molecular complexity index is 194. The predicted octanol–water partition coefficient (Wildman–Crippen LogP) is -1.000. The molecule has 0 bridgehead atoms. The quantitative estimate of drug-likeness (QED) is 0.590. The number of nitrogens with one attached hydrogen (secondary N) is 2. The summed E-state index contributed by atoms with van der Waals surface area (Å²) < 4.78 is 5.50. The molecule has 0 aromatic heterocycles. The van der Waals surface area contributed by atoms with Gasteiger partial charge < -0.3 is 20.3 Å². The Labute approximate surface area is 77.4 Å². The second kappa shape index (κ2) is 3.93. The Morgan fingerprint density at radius 3 is 2.92 bits per heavy atom. The largest absolute Gasteiger partial charge is 0.374 e. The highest BCUT2D eigenvalue weighted by atomic mass is 16.5. The minimum Gasteiger partial charge on any atom is -0.374 e. The fourth-order valence-electron chi connectivity index (χ4n) is 1.43. The van der Waals surface area contributed by atoms with Crippen molar-refractivity contribution in [1.82, 2.24) is 15.5 Å². The Hall–Kier alpha value is -0.810. The molecule has 2 N–H and O–H groups in total. The smallest absolute Gasteiger partial charge is 0.317 e. The summed E-state index contributed by atoms with van der Waals surface area (Å²) in [4.78, 5) is 12.9. The second-order valence-corrected chi connectivity index (χ2v) is 3.37. The summed E-state index contributed by atoms with van der Waals surface area (Å²) in [6.07, 6.45) is 0.366. The van der Waals surface area contributed by atoms with E-state index in [1.54, 1.807) is 4.90 Å². The van der Waals surface area contributed by atoms with Gasteiger partial charge in [-0.15, -0.1) is 0 Å². The molecule has 0 atom stereocenters. The number of ether oxygens (including phenoxy) is 1. The molecule has 2 heterocycles. The van der Waals surface area contributed by atoms with Gasteiger partial charge in [0.15, 0.2) is 0 Å². The molecule has 0 aromatic carbocycles.